The van der Waals surface area contributed by atoms with Gasteiger partial charge < -0.3 is 15.7 Å². The highest BCUT2D eigenvalue weighted by Crippen LogP contribution is 2.44. The van der Waals surface area contributed by atoms with Crippen LogP contribution in [-0.2, 0) is 0 Å². The van der Waals surface area contributed by atoms with E-state index in [1.165, 1.54) is 12.1 Å². The molecule has 0 spiro atoms. The maximum absolute atomic E-state index is 14.0. The van der Waals surface area contributed by atoms with Crippen LogP contribution in [0.25, 0.3) is 0 Å². The van der Waals surface area contributed by atoms with Crippen molar-refractivity contribution in [3.63, 3.8) is 0 Å². The summed E-state index contributed by atoms with van der Waals surface area (Å²) in [5, 5.41) is 21.0. The summed E-state index contributed by atoms with van der Waals surface area (Å²) < 4.78 is 42.7. The number of nitrogens with one attached hydrogen (secondary N) is 2. The summed E-state index contributed by atoms with van der Waals surface area (Å²) in [6.07, 6.45) is -4.81. The molecular formula is C27H22ClF3N4O2. The Kier molecular flexibility index (Phi) is 6.66. The van der Waals surface area contributed by atoms with E-state index in [4.69, 9.17) is 11.6 Å². The first-order chi connectivity index (χ1) is 17.7. The van der Waals surface area contributed by atoms with Gasteiger partial charge in [0.1, 0.15) is 17.5 Å². The molecule has 0 bridgehead atoms. The molecule has 2 heterocycles. The quantitative estimate of drug-likeness (QED) is 0.276. The highest BCUT2D eigenvalue weighted by atomic mass is 35.5. The largest absolute Gasteiger partial charge is 0.410 e. The van der Waals surface area contributed by atoms with Gasteiger partial charge in [-0.3, -0.25) is 4.79 Å². The number of aliphatic hydroxyl groups excluding tert-OH is 1. The van der Waals surface area contributed by atoms with E-state index in [-0.39, 0.29) is 23.5 Å². The van der Waals surface area contributed by atoms with Crippen LogP contribution in [0.15, 0.2) is 85.1 Å². The Morgan fingerprint density at radius 3 is 2.43 bits per heavy atom. The van der Waals surface area contributed by atoms with Gasteiger partial charge in [-0.15, -0.1) is 0 Å². The smallest absolute Gasteiger partial charge is 0.384 e. The van der Waals surface area contributed by atoms with Gasteiger partial charge in [0.2, 0.25) is 0 Å². The number of carbonyl (C=O) groups excluding carboxylic acids is 1. The summed E-state index contributed by atoms with van der Waals surface area (Å²) in [7, 11) is 0. The van der Waals surface area contributed by atoms with Gasteiger partial charge >= 0.3 is 6.18 Å². The van der Waals surface area contributed by atoms with Crippen molar-refractivity contribution < 1.29 is 23.1 Å². The molecule has 0 saturated heterocycles. The van der Waals surface area contributed by atoms with E-state index in [1.807, 2.05) is 6.07 Å². The van der Waals surface area contributed by atoms with Crippen LogP contribution in [0.4, 0.5) is 24.7 Å². The minimum Gasteiger partial charge on any atom is -0.384 e. The summed E-state index contributed by atoms with van der Waals surface area (Å²) in [6.45, 7) is 0. The molecule has 3 N–H and O–H groups in total. The highest BCUT2D eigenvalue weighted by molar-refractivity contribution is 6.30. The lowest BCUT2D eigenvalue weighted by molar-refractivity contribution is -0.173. The third kappa shape index (κ3) is 5.05. The fourth-order valence-electron chi connectivity index (χ4n) is 4.51. The van der Waals surface area contributed by atoms with E-state index >= 15 is 0 Å². The lowest BCUT2D eigenvalue weighted by Gasteiger charge is -2.34. The van der Waals surface area contributed by atoms with Crippen molar-refractivity contribution >= 4 is 29.0 Å². The van der Waals surface area contributed by atoms with Gasteiger partial charge in [0.05, 0.1) is 12.2 Å². The van der Waals surface area contributed by atoms with Crippen LogP contribution >= 0.6 is 11.6 Å². The molecule has 190 valence electrons. The predicted molar refractivity (Wildman–Crippen MR) is 135 cm³/mol. The highest BCUT2D eigenvalue weighted by Gasteiger charge is 2.47. The zero-order valence-corrected chi connectivity index (χ0v) is 20.0. The van der Waals surface area contributed by atoms with Gasteiger partial charge in [0, 0.05) is 22.7 Å². The second-order valence-corrected chi connectivity index (χ2v) is 9.19. The summed E-state index contributed by atoms with van der Waals surface area (Å²) in [6, 6.07) is 19.6. The van der Waals surface area contributed by atoms with Crippen molar-refractivity contribution in [2.24, 2.45) is 0 Å². The number of rotatable bonds is 5. The number of benzene rings is 3. The first kappa shape index (κ1) is 24.9. The second kappa shape index (κ2) is 9.91. The van der Waals surface area contributed by atoms with Crippen LogP contribution in [0, 0.1) is 0 Å². The van der Waals surface area contributed by atoms with E-state index in [9.17, 15) is 23.1 Å². The fourth-order valence-corrected chi connectivity index (χ4v) is 4.69. The van der Waals surface area contributed by atoms with E-state index in [2.05, 4.69) is 15.7 Å². The average molecular weight is 527 g/mol. The molecule has 0 unspecified atom stereocenters. The van der Waals surface area contributed by atoms with Crippen molar-refractivity contribution in [3.8, 4) is 0 Å². The van der Waals surface area contributed by atoms with Crippen molar-refractivity contribution in [1.29, 1.82) is 0 Å². The SMILES string of the molecule is O=C(Nc1ccc(Cl)cc1[C@H](O)c1ccccc1)c1cnn2c1N[C@H](c1ccccc1)C[C@H]2C(F)(F)F. The molecule has 5 rings (SSSR count). The van der Waals surface area contributed by atoms with Crippen LogP contribution in [0.5, 0.6) is 0 Å². The van der Waals surface area contributed by atoms with Gasteiger partial charge in [-0.2, -0.15) is 18.3 Å². The summed E-state index contributed by atoms with van der Waals surface area (Å²) in [5.74, 6) is -0.703. The normalized spacial score (nSPS) is 18.0. The van der Waals surface area contributed by atoms with Gasteiger partial charge in [-0.1, -0.05) is 72.3 Å². The van der Waals surface area contributed by atoms with E-state index in [0.717, 1.165) is 10.9 Å². The third-order valence-electron chi connectivity index (χ3n) is 6.36. The topological polar surface area (TPSA) is 79.2 Å². The minimum absolute atomic E-state index is 0.0287. The molecule has 1 aromatic heterocycles. The Balaban J connectivity index is 1.49. The number of fused-ring (bicyclic) bond motifs is 1. The number of aliphatic hydroxyl groups is 1. The molecule has 0 saturated carbocycles. The molecule has 1 aliphatic heterocycles. The van der Waals surface area contributed by atoms with Gasteiger partial charge in [0.15, 0.2) is 6.04 Å². The Hall–Kier alpha value is -3.82. The number of aromatic nitrogens is 2. The summed E-state index contributed by atoms with van der Waals surface area (Å²) in [4.78, 5) is 13.3. The molecule has 0 aliphatic carbocycles. The van der Waals surface area contributed by atoms with Gasteiger partial charge in [0.25, 0.3) is 5.91 Å². The van der Waals surface area contributed by atoms with Gasteiger partial charge in [-0.25, -0.2) is 4.68 Å². The zero-order valence-electron chi connectivity index (χ0n) is 19.3. The maximum Gasteiger partial charge on any atom is 0.410 e. The molecule has 1 amide bonds. The minimum atomic E-state index is -4.56. The Labute approximate surface area is 215 Å². The first-order valence-corrected chi connectivity index (χ1v) is 11.9. The molecule has 3 aromatic carbocycles. The molecule has 37 heavy (non-hydrogen) atoms. The Morgan fingerprint density at radius 2 is 1.76 bits per heavy atom. The molecular weight excluding hydrogens is 505 g/mol. The first-order valence-electron chi connectivity index (χ1n) is 11.5. The number of hydrogen-bond acceptors (Lipinski definition) is 4. The number of halogens is 4. The average Bonchev–Trinajstić information content (AvgIpc) is 3.33. The van der Waals surface area contributed by atoms with Crippen LogP contribution in [-0.4, -0.2) is 27.0 Å². The summed E-state index contributed by atoms with van der Waals surface area (Å²) >= 11 is 6.16. The van der Waals surface area contributed by atoms with E-state index < -0.39 is 30.3 Å². The fraction of sp³-hybridized carbons (Fsp3) is 0.185. The molecule has 4 aromatic rings. The monoisotopic (exact) mass is 526 g/mol. The van der Waals surface area contributed by atoms with Crippen molar-refractivity contribution in [2.45, 2.75) is 30.8 Å². The summed E-state index contributed by atoms with van der Waals surface area (Å²) in [5.41, 5.74) is 1.82. The molecule has 3 atom stereocenters. The number of anilines is 2. The number of nitrogens with zero attached hydrogens (tertiary/aromatic N) is 2. The molecule has 6 nitrogen and oxygen atoms in total. The van der Waals surface area contributed by atoms with Crippen LogP contribution in [0.3, 0.4) is 0 Å². The number of amides is 1. The third-order valence-corrected chi connectivity index (χ3v) is 6.59. The molecule has 0 radical (unpaired) electrons. The molecule has 10 heteroatoms. The Morgan fingerprint density at radius 1 is 1.08 bits per heavy atom. The Bertz CT molecular complexity index is 1410. The van der Waals surface area contributed by atoms with Crippen LogP contribution in [0.1, 0.15) is 51.7 Å². The van der Waals surface area contributed by atoms with Crippen molar-refractivity contribution in [2.75, 3.05) is 10.6 Å². The zero-order chi connectivity index (χ0) is 26.2. The number of hydrogen-bond donors (Lipinski definition) is 3. The molecule has 0 fully saturated rings. The number of carbonyl (C=O) groups is 1. The van der Waals surface area contributed by atoms with Crippen LogP contribution < -0.4 is 10.6 Å². The maximum atomic E-state index is 14.0. The van der Waals surface area contributed by atoms with Crippen molar-refractivity contribution in [1.82, 2.24) is 9.78 Å². The standard InChI is InChI=1S/C27H22ClF3N4O2/c28-18-11-12-21(19(13-18)24(36)17-9-5-2-6-10-17)34-26(37)20-15-32-35-23(27(29,30)31)14-22(33-25(20)35)16-7-3-1-4-8-16/h1-13,15,22-24,33,36H,14H2,(H,34,37)/t22-,23-,24+/m0/s1. The lowest BCUT2D eigenvalue weighted by atomic mass is 9.96. The van der Waals surface area contributed by atoms with Crippen molar-refractivity contribution in [3.05, 3.63) is 112 Å². The number of alkyl halides is 3. The molecule has 1 aliphatic rings. The van der Waals surface area contributed by atoms with E-state index in [1.54, 1.807) is 60.7 Å². The predicted octanol–water partition coefficient (Wildman–Crippen LogP) is 6.53. The second-order valence-electron chi connectivity index (χ2n) is 8.75. The lowest BCUT2D eigenvalue weighted by Crippen LogP contribution is -2.36. The van der Waals surface area contributed by atoms with E-state index in [0.29, 0.717) is 21.7 Å². The van der Waals surface area contributed by atoms with Crippen LogP contribution in [0.2, 0.25) is 5.02 Å². The van der Waals surface area contributed by atoms with Gasteiger partial charge in [-0.05, 0) is 29.3 Å².